The maximum absolute atomic E-state index is 12.6. The molecule has 0 amide bonds. The molecule has 0 saturated carbocycles. The van der Waals surface area contributed by atoms with Crippen molar-refractivity contribution >= 4 is 29.7 Å². The van der Waals surface area contributed by atoms with E-state index in [1.165, 1.54) is 12.8 Å². The van der Waals surface area contributed by atoms with Crippen molar-refractivity contribution < 1.29 is 4.79 Å². The Morgan fingerprint density at radius 3 is 2.41 bits per heavy atom. The van der Waals surface area contributed by atoms with Crippen LogP contribution in [0.25, 0.3) is 28.0 Å². The van der Waals surface area contributed by atoms with Gasteiger partial charge >= 0.3 is 0 Å². The van der Waals surface area contributed by atoms with Crippen LogP contribution in [0.3, 0.4) is 0 Å². The Hall–Kier alpha value is -3.29. The highest BCUT2D eigenvalue weighted by Gasteiger charge is 2.37. The zero-order valence-corrected chi connectivity index (χ0v) is 19.8. The van der Waals surface area contributed by atoms with Crippen LogP contribution >= 0.6 is 12.4 Å². The van der Waals surface area contributed by atoms with Crippen molar-refractivity contribution in [2.45, 2.75) is 50.6 Å². The highest BCUT2D eigenvalue weighted by Crippen LogP contribution is 2.40. The Morgan fingerprint density at radius 2 is 1.76 bits per heavy atom. The molecule has 3 N–H and O–H groups in total. The summed E-state index contributed by atoms with van der Waals surface area (Å²) in [6, 6.07) is 15.1. The largest absolute Gasteiger partial charge is 0.383 e. The number of nitrogens with zero attached hydrogens (tertiary/aromatic N) is 4. The first-order valence-corrected chi connectivity index (χ1v) is 11.5. The van der Waals surface area contributed by atoms with E-state index in [1.807, 2.05) is 48.7 Å². The van der Waals surface area contributed by atoms with Crippen LogP contribution in [0.4, 0.5) is 5.82 Å². The van der Waals surface area contributed by atoms with Gasteiger partial charge in [0.25, 0.3) is 0 Å². The van der Waals surface area contributed by atoms with Crippen LogP contribution < -0.4 is 11.1 Å². The lowest BCUT2D eigenvalue weighted by Crippen LogP contribution is -2.38. The summed E-state index contributed by atoms with van der Waals surface area (Å²) in [6.45, 7) is 1.56. The Balaban J connectivity index is 0.00000241. The Kier molecular flexibility index (Phi) is 5.83. The van der Waals surface area contributed by atoms with E-state index in [0.29, 0.717) is 29.1 Å². The summed E-state index contributed by atoms with van der Waals surface area (Å²) in [7, 11) is 0. The third kappa shape index (κ3) is 3.75. The van der Waals surface area contributed by atoms with Crippen molar-refractivity contribution in [3.05, 3.63) is 66.1 Å². The molecule has 7 nitrogen and oxygen atoms in total. The number of carbonyl (C=O) groups excluding carboxylic acids is 1. The Morgan fingerprint density at radius 1 is 1.03 bits per heavy atom. The number of rotatable bonds is 4. The molecule has 2 fully saturated rings. The lowest BCUT2D eigenvalue weighted by atomic mass is 9.86. The predicted molar refractivity (Wildman–Crippen MR) is 135 cm³/mol. The second kappa shape index (κ2) is 8.81. The van der Waals surface area contributed by atoms with Crippen LogP contribution in [0.2, 0.25) is 0 Å². The molecule has 34 heavy (non-hydrogen) atoms. The van der Waals surface area contributed by atoms with Gasteiger partial charge in [0, 0.05) is 40.9 Å². The number of hydrogen-bond acceptors (Lipinski definition) is 6. The molecule has 4 aromatic rings. The molecule has 0 spiro atoms. The van der Waals surface area contributed by atoms with E-state index in [9.17, 15) is 4.79 Å². The fourth-order valence-electron chi connectivity index (χ4n) is 5.51. The topological polar surface area (TPSA) is 98.2 Å². The monoisotopic (exact) mass is 474 g/mol. The first-order valence-electron chi connectivity index (χ1n) is 11.5. The SMILES string of the molecule is CC(=O)c1c(C2CC3CCC(C2)N3)nc2c(-c3ccc(-c4ccccc4)nc3)cnn2c1N.Cl. The van der Waals surface area contributed by atoms with E-state index in [-0.39, 0.29) is 24.1 Å². The average molecular weight is 475 g/mol. The minimum atomic E-state index is -0.0614. The molecule has 2 aliphatic heterocycles. The van der Waals surface area contributed by atoms with Crippen molar-refractivity contribution in [1.29, 1.82) is 0 Å². The third-order valence-corrected chi connectivity index (χ3v) is 7.07. The molecule has 3 aromatic heterocycles. The Labute approximate surface area is 204 Å². The summed E-state index contributed by atoms with van der Waals surface area (Å²) >= 11 is 0. The van der Waals surface area contributed by atoms with Gasteiger partial charge in [-0.3, -0.25) is 9.78 Å². The number of pyridine rings is 1. The number of benzene rings is 1. The van der Waals surface area contributed by atoms with E-state index in [1.54, 1.807) is 17.6 Å². The Bertz CT molecular complexity index is 1340. The number of carbonyl (C=O) groups is 1. The van der Waals surface area contributed by atoms with Gasteiger partial charge in [0.1, 0.15) is 5.82 Å². The fraction of sp³-hybridized carbons (Fsp3) is 0.308. The van der Waals surface area contributed by atoms with Gasteiger partial charge in [-0.25, -0.2) is 4.98 Å². The van der Waals surface area contributed by atoms with E-state index in [4.69, 9.17) is 10.7 Å². The summed E-state index contributed by atoms with van der Waals surface area (Å²) < 4.78 is 1.59. The van der Waals surface area contributed by atoms with Gasteiger partial charge in [0.15, 0.2) is 11.4 Å². The maximum atomic E-state index is 12.6. The van der Waals surface area contributed by atoms with Gasteiger partial charge in [0.2, 0.25) is 0 Å². The van der Waals surface area contributed by atoms with Crippen LogP contribution in [0, 0.1) is 0 Å². The number of ketones is 1. The summed E-state index contributed by atoms with van der Waals surface area (Å²) in [5.41, 5.74) is 12.3. The quantitative estimate of drug-likeness (QED) is 0.417. The summed E-state index contributed by atoms with van der Waals surface area (Å²) in [5.74, 6) is 0.526. The van der Waals surface area contributed by atoms with Crippen LogP contribution in [-0.4, -0.2) is 37.4 Å². The molecule has 6 rings (SSSR count). The normalized spacial score (nSPS) is 21.4. The molecule has 0 aliphatic carbocycles. The number of fused-ring (bicyclic) bond motifs is 3. The van der Waals surface area contributed by atoms with Crippen LogP contribution in [-0.2, 0) is 0 Å². The van der Waals surface area contributed by atoms with Gasteiger partial charge in [-0.15, -0.1) is 12.4 Å². The molecule has 8 heteroatoms. The fourth-order valence-corrected chi connectivity index (χ4v) is 5.51. The van der Waals surface area contributed by atoms with Gasteiger partial charge < -0.3 is 11.1 Å². The minimum Gasteiger partial charge on any atom is -0.383 e. The zero-order chi connectivity index (χ0) is 22.5. The number of nitrogen functional groups attached to an aromatic ring is 1. The maximum Gasteiger partial charge on any atom is 0.165 e. The standard InChI is InChI=1S/C26H26N6O.ClH/c1-15(33)23-24(18-11-19-8-9-20(12-18)30-19)31-26-21(14-29-32(26)25(23)27)17-7-10-22(28-13-17)16-5-3-2-4-6-16;/h2-7,10,13-14,18-20,30H,8-9,11-12,27H2,1H3;1H. The molecular formula is C26H27ClN6O. The number of nitrogens with two attached hydrogens (primary N) is 1. The lowest BCUT2D eigenvalue weighted by molar-refractivity contribution is 0.101. The lowest BCUT2D eigenvalue weighted by Gasteiger charge is -2.30. The van der Waals surface area contributed by atoms with Crippen molar-refractivity contribution in [3.63, 3.8) is 0 Å². The molecule has 174 valence electrons. The third-order valence-electron chi connectivity index (χ3n) is 7.07. The summed E-state index contributed by atoms with van der Waals surface area (Å²) in [5, 5.41) is 8.16. The van der Waals surface area contributed by atoms with E-state index < -0.39 is 0 Å². The predicted octanol–water partition coefficient (Wildman–Crippen LogP) is 4.66. The van der Waals surface area contributed by atoms with Crippen LogP contribution in [0.5, 0.6) is 0 Å². The van der Waals surface area contributed by atoms with Crippen molar-refractivity contribution in [1.82, 2.24) is 24.9 Å². The molecule has 5 heterocycles. The number of Topliss-reactive ketones (excluding diaryl/α,β-unsaturated/α-hetero) is 1. The first-order chi connectivity index (χ1) is 16.1. The van der Waals surface area contributed by atoms with E-state index in [0.717, 1.165) is 40.9 Å². The molecule has 2 bridgehead atoms. The molecular weight excluding hydrogens is 448 g/mol. The number of aromatic nitrogens is 4. The van der Waals surface area contributed by atoms with Crippen LogP contribution in [0.1, 0.15) is 54.6 Å². The molecule has 1 aromatic carbocycles. The average Bonchev–Trinajstić information content (AvgIpc) is 3.42. The molecule has 0 radical (unpaired) electrons. The van der Waals surface area contributed by atoms with Crippen molar-refractivity contribution in [2.75, 3.05) is 5.73 Å². The molecule has 2 aliphatic rings. The summed E-state index contributed by atoms with van der Waals surface area (Å²) in [6.07, 6.45) is 7.95. The number of halogens is 1. The molecule has 2 unspecified atom stereocenters. The number of hydrogen-bond donors (Lipinski definition) is 2. The smallest absolute Gasteiger partial charge is 0.165 e. The van der Waals surface area contributed by atoms with Crippen LogP contribution in [0.15, 0.2) is 54.9 Å². The van der Waals surface area contributed by atoms with Gasteiger partial charge in [-0.2, -0.15) is 9.61 Å². The minimum absolute atomic E-state index is 0. The molecule has 2 atom stereocenters. The number of nitrogens with one attached hydrogen (secondary N) is 1. The number of anilines is 1. The zero-order valence-electron chi connectivity index (χ0n) is 18.9. The van der Waals surface area contributed by atoms with Crippen molar-refractivity contribution in [2.24, 2.45) is 0 Å². The second-order valence-corrected chi connectivity index (χ2v) is 9.21. The number of piperidine rings is 1. The van der Waals surface area contributed by atoms with Gasteiger partial charge in [0.05, 0.1) is 23.1 Å². The van der Waals surface area contributed by atoms with E-state index >= 15 is 0 Å². The first kappa shape index (κ1) is 22.5. The highest BCUT2D eigenvalue weighted by molar-refractivity contribution is 6.00. The molecule has 2 saturated heterocycles. The van der Waals surface area contributed by atoms with E-state index in [2.05, 4.69) is 15.4 Å². The van der Waals surface area contributed by atoms with Crippen molar-refractivity contribution in [3.8, 4) is 22.4 Å². The van der Waals surface area contributed by atoms with Gasteiger partial charge in [-0.1, -0.05) is 36.4 Å². The second-order valence-electron chi connectivity index (χ2n) is 9.21. The summed E-state index contributed by atoms with van der Waals surface area (Å²) in [4.78, 5) is 22.3. The van der Waals surface area contributed by atoms with Gasteiger partial charge in [-0.05, 0) is 38.7 Å². The highest BCUT2D eigenvalue weighted by atomic mass is 35.5.